The van der Waals surface area contributed by atoms with E-state index < -0.39 is 18.8 Å². The number of rotatable bonds is 4. The molecule has 3 rings (SSSR count). The molecule has 0 amide bonds. The highest BCUT2D eigenvalue weighted by Gasteiger charge is 2.43. The Bertz CT molecular complexity index is 639. The predicted molar refractivity (Wildman–Crippen MR) is 107 cm³/mol. The number of nitrogens with two attached hydrogens (primary N) is 1. The second kappa shape index (κ2) is 9.78. The second-order valence-corrected chi connectivity index (χ2v) is 6.30. The molecular weight excluding hydrogens is 476 g/mol. The van der Waals surface area contributed by atoms with E-state index in [1.165, 1.54) is 4.90 Å². The summed E-state index contributed by atoms with van der Waals surface area (Å²) >= 11 is 0. The maximum Gasteiger partial charge on any atom is 0.405 e. The maximum atomic E-state index is 13.4. The Hall–Kier alpha value is -1.27. The monoisotopic (exact) mass is 500 g/mol. The van der Waals surface area contributed by atoms with E-state index in [0.29, 0.717) is 26.2 Å². The first-order valence-corrected chi connectivity index (χ1v) is 8.62. The van der Waals surface area contributed by atoms with Crippen LogP contribution in [0, 0.1) is 0 Å². The third-order valence-corrected chi connectivity index (χ3v) is 4.58. The quantitative estimate of drug-likeness (QED) is 0.378. The van der Waals surface area contributed by atoms with Crippen molar-refractivity contribution in [2.75, 3.05) is 39.5 Å². The van der Waals surface area contributed by atoms with Crippen LogP contribution in [0.15, 0.2) is 29.3 Å². The largest absolute Gasteiger partial charge is 0.493 e. The minimum Gasteiger partial charge on any atom is -0.493 e. The third kappa shape index (κ3) is 5.85. The van der Waals surface area contributed by atoms with Crippen LogP contribution in [0.4, 0.5) is 13.2 Å². The highest BCUT2D eigenvalue weighted by Crippen LogP contribution is 2.31. The summed E-state index contributed by atoms with van der Waals surface area (Å²) < 4.78 is 50.8. The summed E-state index contributed by atoms with van der Waals surface area (Å²) in [4.78, 5) is 5.32. The number of nitrogens with zero attached hydrogens (tertiary/aromatic N) is 2. The molecule has 1 saturated heterocycles. The van der Waals surface area contributed by atoms with Crippen LogP contribution >= 0.6 is 24.0 Å². The Balaban J connectivity index is 0.00000261. The van der Waals surface area contributed by atoms with E-state index in [1.54, 1.807) is 0 Å². The molecule has 27 heavy (non-hydrogen) atoms. The van der Waals surface area contributed by atoms with Crippen LogP contribution in [0.3, 0.4) is 0 Å². The molecule has 0 saturated carbocycles. The fraction of sp³-hybridized carbons (Fsp3) is 0.588. The van der Waals surface area contributed by atoms with E-state index in [2.05, 4.69) is 10.3 Å². The number of morpholine rings is 1. The van der Waals surface area contributed by atoms with Gasteiger partial charge in [0.1, 0.15) is 11.8 Å². The second-order valence-electron chi connectivity index (χ2n) is 6.30. The zero-order valence-electron chi connectivity index (χ0n) is 14.7. The minimum atomic E-state index is -4.37. The molecular formula is C17H24F3IN4O2. The summed E-state index contributed by atoms with van der Waals surface area (Å²) in [5, 5.41) is 3.02. The van der Waals surface area contributed by atoms with Crippen molar-refractivity contribution >= 4 is 29.9 Å². The van der Waals surface area contributed by atoms with Crippen molar-refractivity contribution < 1.29 is 22.6 Å². The topological polar surface area (TPSA) is 72.1 Å². The van der Waals surface area contributed by atoms with Crippen molar-refractivity contribution in [1.29, 1.82) is 0 Å². The molecule has 0 radical (unpaired) electrons. The smallest absolute Gasteiger partial charge is 0.405 e. The van der Waals surface area contributed by atoms with Gasteiger partial charge in [0.2, 0.25) is 0 Å². The van der Waals surface area contributed by atoms with Crippen molar-refractivity contribution in [3.63, 3.8) is 0 Å². The molecule has 0 bridgehead atoms. The number of aliphatic imine (C=N–C) groups is 1. The minimum absolute atomic E-state index is 0. The zero-order valence-corrected chi connectivity index (χ0v) is 17.1. The van der Waals surface area contributed by atoms with Crippen molar-refractivity contribution in [3.05, 3.63) is 29.8 Å². The fourth-order valence-electron chi connectivity index (χ4n) is 3.22. The van der Waals surface area contributed by atoms with Gasteiger partial charge in [0.15, 0.2) is 5.96 Å². The van der Waals surface area contributed by atoms with Gasteiger partial charge in [-0.3, -0.25) is 9.89 Å². The first-order valence-electron chi connectivity index (χ1n) is 8.62. The molecule has 0 aliphatic carbocycles. The molecule has 2 atom stereocenters. The number of guanidine groups is 1. The van der Waals surface area contributed by atoms with Crippen molar-refractivity contribution in [2.45, 2.75) is 24.7 Å². The van der Waals surface area contributed by atoms with E-state index in [-0.39, 0.29) is 49.1 Å². The third-order valence-electron chi connectivity index (χ3n) is 4.58. The lowest BCUT2D eigenvalue weighted by Gasteiger charge is -2.34. The number of halogens is 4. The van der Waals surface area contributed by atoms with E-state index in [4.69, 9.17) is 15.2 Å². The van der Waals surface area contributed by atoms with Crippen LogP contribution in [0.5, 0.6) is 5.75 Å². The number of fused-ring (bicyclic) bond motifs is 1. The number of benzene rings is 1. The predicted octanol–water partition coefficient (Wildman–Crippen LogP) is 2.30. The molecule has 2 aliphatic heterocycles. The first-order chi connectivity index (χ1) is 12.4. The molecule has 1 aromatic carbocycles. The van der Waals surface area contributed by atoms with Gasteiger partial charge in [0.05, 0.1) is 32.4 Å². The van der Waals surface area contributed by atoms with Crippen LogP contribution < -0.4 is 15.8 Å². The van der Waals surface area contributed by atoms with Crippen LogP contribution in [0.2, 0.25) is 0 Å². The number of nitrogens with one attached hydrogen (secondary N) is 1. The molecule has 1 aromatic rings. The van der Waals surface area contributed by atoms with Crippen LogP contribution in [-0.4, -0.2) is 62.5 Å². The Kier molecular flexibility index (Phi) is 7.98. The molecule has 0 aromatic heterocycles. The lowest BCUT2D eigenvalue weighted by atomic mass is 10.0. The normalized spacial score (nSPS) is 22.2. The van der Waals surface area contributed by atoms with Gasteiger partial charge in [0, 0.05) is 25.1 Å². The summed E-state index contributed by atoms with van der Waals surface area (Å²) in [6.45, 7) is 1.14. The lowest BCUT2D eigenvalue weighted by Crippen LogP contribution is -2.52. The molecule has 152 valence electrons. The maximum absolute atomic E-state index is 13.4. The highest BCUT2D eigenvalue weighted by atomic mass is 127. The van der Waals surface area contributed by atoms with E-state index in [1.807, 2.05) is 24.3 Å². The number of alkyl halides is 3. The molecule has 2 unspecified atom stereocenters. The van der Waals surface area contributed by atoms with Gasteiger partial charge < -0.3 is 20.5 Å². The van der Waals surface area contributed by atoms with Gasteiger partial charge in [0.25, 0.3) is 0 Å². The number of hydrogen-bond acceptors (Lipinski definition) is 4. The van der Waals surface area contributed by atoms with Gasteiger partial charge in [-0.05, 0) is 6.07 Å². The van der Waals surface area contributed by atoms with Gasteiger partial charge in [-0.15, -0.1) is 24.0 Å². The average Bonchev–Trinajstić information content (AvgIpc) is 2.62. The highest BCUT2D eigenvalue weighted by molar-refractivity contribution is 14.0. The van der Waals surface area contributed by atoms with E-state index in [9.17, 15) is 13.2 Å². The SMILES string of the molecule is I.NC(=NCC(N1CCOCC1)C(F)(F)F)NC1CCOc2ccccc21. The number of ether oxygens (including phenoxy) is 2. The summed E-state index contributed by atoms with van der Waals surface area (Å²) in [5.41, 5.74) is 6.80. The van der Waals surface area contributed by atoms with Crippen LogP contribution in [0.1, 0.15) is 18.0 Å². The van der Waals surface area contributed by atoms with Gasteiger partial charge in [-0.25, -0.2) is 0 Å². The Morgan fingerprint density at radius 2 is 1.96 bits per heavy atom. The summed E-state index contributed by atoms with van der Waals surface area (Å²) in [7, 11) is 0. The summed E-state index contributed by atoms with van der Waals surface area (Å²) in [6, 6.07) is 5.73. The Labute approximate surface area is 173 Å². The zero-order chi connectivity index (χ0) is 18.6. The number of para-hydroxylation sites is 1. The van der Waals surface area contributed by atoms with Crippen molar-refractivity contribution in [3.8, 4) is 5.75 Å². The molecule has 3 N–H and O–H groups in total. The van der Waals surface area contributed by atoms with Crippen molar-refractivity contribution in [1.82, 2.24) is 10.2 Å². The van der Waals surface area contributed by atoms with Crippen molar-refractivity contribution in [2.24, 2.45) is 10.7 Å². The summed E-state index contributed by atoms with van der Waals surface area (Å²) in [5.74, 6) is 0.764. The van der Waals surface area contributed by atoms with Gasteiger partial charge in [-0.2, -0.15) is 13.2 Å². The number of hydrogen-bond donors (Lipinski definition) is 2. The van der Waals surface area contributed by atoms with Crippen LogP contribution in [0.25, 0.3) is 0 Å². The summed E-state index contributed by atoms with van der Waals surface area (Å²) in [6.07, 6.45) is -3.70. The van der Waals surface area contributed by atoms with Crippen LogP contribution in [-0.2, 0) is 4.74 Å². The molecule has 0 spiro atoms. The van der Waals surface area contributed by atoms with E-state index in [0.717, 1.165) is 11.3 Å². The molecule has 2 aliphatic rings. The molecule has 6 nitrogen and oxygen atoms in total. The molecule has 2 heterocycles. The standard InChI is InChI=1S/C17H23F3N4O2.HI/c18-17(19,20)15(24-6-9-25-10-7-24)11-22-16(21)23-13-5-8-26-14-4-2-1-3-12(13)14;/h1-4,13,15H,5-11H2,(H3,21,22,23);1H. The average molecular weight is 500 g/mol. The fourth-order valence-corrected chi connectivity index (χ4v) is 3.22. The molecule has 1 fully saturated rings. The lowest BCUT2D eigenvalue weighted by molar-refractivity contribution is -0.188. The first kappa shape index (κ1) is 22.0. The van der Waals surface area contributed by atoms with E-state index >= 15 is 0 Å². The van der Waals surface area contributed by atoms with Gasteiger partial charge in [-0.1, -0.05) is 18.2 Å². The van der Waals surface area contributed by atoms with Gasteiger partial charge >= 0.3 is 6.18 Å². The Morgan fingerprint density at radius 3 is 2.67 bits per heavy atom. The molecule has 10 heteroatoms. The Morgan fingerprint density at radius 1 is 1.26 bits per heavy atom.